The Bertz CT molecular complexity index is 1070. The Morgan fingerprint density at radius 2 is 1.91 bits per heavy atom. The lowest BCUT2D eigenvalue weighted by Crippen LogP contribution is -2.39. The maximum atomic E-state index is 13.4. The Morgan fingerprint density at radius 1 is 1.16 bits per heavy atom. The van der Waals surface area contributed by atoms with E-state index in [4.69, 9.17) is 19.0 Å². The van der Waals surface area contributed by atoms with Crippen LogP contribution in [0.4, 0.5) is 4.39 Å². The SMILES string of the molecule is COc1cc2c(cc1OC)CN(C(=O)COC(=O)C1CC(c3cccc(F)c3)=NO1)CC2. The second kappa shape index (κ2) is 9.25. The maximum absolute atomic E-state index is 13.4. The van der Waals surface area contributed by atoms with E-state index in [9.17, 15) is 14.0 Å². The van der Waals surface area contributed by atoms with Gasteiger partial charge >= 0.3 is 5.97 Å². The zero-order valence-electron chi connectivity index (χ0n) is 17.8. The number of ether oxygens (including phenoxy) is 3. The van der Waals surface area contributed by atoms with Gasteiger partial charge < -0.3 is 23.9 Å². The summed E-state index contributed by atoms with van der Waals surface area (Å²) >= 11 is 0. The van der Waals surface area contributed by atoms with Crippen molar-refractivity contribution in [3.8, 4) is 11.5 Å². The number of methoxy groups -OCH3 is 2. The molecule has 0 saturated heterocycles. The average Bonchev–Trinajstić information content (AvgIpc) is 3.31. The fourth-order valence-electron chi connectivity index (χ4n) is 3.76. The summed E-state index contributed by atoms with van der Waals surface area (Å²) in [7, 11) is 3.14. The van der Waals surface area contributed by atoms with Gasteiger partial charge in [-0.25, -0.2) is 9.18 Å². The van der Waals surface area contributed by atoms with Crippen LogP contribution in [0.15, 0.2) is 41.6 Å². The highest BCUT2D eigenvalue weighted by atomic mass is 19.1. The lowest BCUT2D eigenvalue weighted by Gasteiger charge is -2.29. The van der Waals surface area contributed by atoms with Crippen LogP contribution in [0.1, 0.15) is 23.1 Å². The van der Waals surface area contributed by atoms with Crippen molar-refractivity contribution in [2.75, 3.05) is 27.4 Å². The molecule has 2 aromatic rings. The molecule has 2 aromatic carbocycles. The fraction of sp³-hybridized carbons (Fsp3) is 0.348. The van der Waals surface area contributed by atoms with E-state index in [2.05, 4.69) is 5.16 Å². The summed E-state index contributed by atoms with van der Waals surface area (Å²) in [6.45, 7) is 0.501. The van der Waals surface area contributed by atoms with E-state index in [1.807, 2.05) is 12.1 Å². The molecule has 2 aliphatic rings. The van der Waals surface area contributed by atoms with Crippen LogP contribution in [0, 0.1) is 5.82 Å². The second-order valence-corrected chi connectivity index (χ2v) is 7.50. The summed E-state index contributed by atoms with van der Waals surface area (Å²) < 4.78 is 29.2. The first-order chi connectivity index (χ1) is 15.5. The number of benzene rings is 2. The Balaban J connectivity index is 1.30. The van der Waals surface area contributed by atoms with Crippen molar-refractivity contribution in [1.29, 1.82) is 0 Å². The summed E-state index contributed by atoms with van der Waals surface area (Å²) in [5.41, 5.74) is 3.04. The van der Waals surface area contributed by atoms with Gasteiger partial charge in [-0.05, 0) is 41.8 Å². The number of nitrogens with zero attached hydrogens (tertiary/aromatic N) is 2. The molecule has 4 rings (SSSR count). The Labute approximate surface area is 184 Å². The molecule has 0 radical (unpaired) electrons. The topological polar surface area (TPSA) is 86.7 Å². The molecule has 2 heterocycles. The third-order valence-electron chi connectivity index (χ3n) is 5.50. The van der Waals surface area contributed by atoms with E-state index in [1.54, 1.807) is 31.3 Å². The molecule has 1 atom stereocenters. The van der Waals surface area contributed by atoms with Gasteiger partial charge in [0.05, 0.1) is 19.9 Å². The number of rotatable bonds is 6. The normalized spacial score (nSPS) is 17.2. The van der Waals surface area contributed by atoms with Gasteiger partial charge in [0.1, 0.15) is 5.82 Å². The highest BCUT2D eigenvalue weighted by Crippen LogP contribution is 2.33. The minimum absolute atomic E-state index is 0.148. The molecule has 0 bridgehead atoms. The predicted octanol–water partition coefficient (Wildman–Crippen LogP) is 2.46. The Hall–Kier alpha value is -3.62. The molecule has 2 aliphatic heterocycles. The number of halogens is 1. The summed E-state index contributed by atoms with van der Waals surface area (Å²) in [6.07, 6.45) is -0.152. The first-order valence-electron chi connectivity index (χ1n) is 10.1. The summed E-state index contributed by atoms with van der Waals surface area (Å²) in [5.74, 6) is -0.142. The molecular formula is C23H23FN2O6. The molecule has 8 nitrogen and oxygen atoms in total. The van der Waals surface area contributed by atoms with Gasteiger partial charge in [-0.15, -0.1) is 0 Å². The zero-order chi connectivity index (χ0) is 22.7. The van der Waals surface area contributed by atoms with Crippen molar-refractivity contribution in [2.24, 2.45) is 5.16 Å². The van der Waals surface area contributed by atoms with E-state index < -0.39 is 24.5 Å². The van der Waals surface area contributed by atoms with E-state index in [0.717, 1.165) is 11.1 Å². The number of esters is 1. The van der Waals surface area contributed by atoms with Crippen molar-refractivity contribution in [3.63, 3.8) is 0 Å². The standard InChI is InChI=1S/C23H23FN2O6/c1-29-19-9-14-6-7-26(12-16(14)10-20(19)30-2)22(27)13-31-23(28)21-11-18(25-32-21)15-4-3-5-17(24)8-15/h3-5,8-10,21H,6-7,11-13H2,1-2H3. The first-order valence-corrected chi connectivity index (χ1v) is 10.1. The number of amides is 1. The van der Waals surface area contributed by atoms with Crippen LogP contribution in [0.3, 0.4) is 0 Å². The minimum atomic E-state index is -0.958. The highest BCUT2D eigenvalue weighted by molar-refractivity contribution is 6.03. The molecule has 9 heteroatoms. The van der Waals surface area contributed by atoms with Crippen LogP contribution < -0.4 is 9.47 Å². The number of carbonyl (C=O) groups excluding carboxylic acids is 2. The van der Waals surface area contributed by atoms with E-state index in [1.165, 1.54) is 12.1 Å². The summed E-state index contributed by atoms with van der Waals surface area (Å²) in [4.78, 5) is 31.7. The smallest absolute Gasteiger partial charge is 0.351 e. The average molecular weight is 442 g/mol. The second-order valence-electron chi connectivity index (χ2n) is 7.50. The van der Waals surface area contributed by atoms with Crippen LogP contribution in [-0.2, 0) is 32.1 Å². The molecular weight excluding hydrogens is 419 g/mol. The third kappa shape index (κ3) is 4.51. The van der Waals surface area contributed by atoms with Crippen molar-refractivity contribution in [3.05, 3.63) is 58.9 Å². The molecule has 32 heavy (non-hydrogen) atoms. The molecule has 168 valence electrons. The summed E-state index contributed by atoms with van der Waals surface area (Å²) in [6, 6.07) is 9.66. The molecule has 1 unspecified atom stereocenters. The zero-order valence-corrected chi connectivity index (χ0v) is 17.8. The quantitative estimate of drug-likeness (QED) is 0.639. The van der Waals surface area contributed by atoms with Gasteiger partial charge in [0, 0.05) is 25.1 Å². The van der Waals surface area contributed by atoms with Crippen LogP contribution in [0.25, 0.3) is 0 Å². The van der Waals surface area contributed by atoms with Crippen LogP contribution in [0.5, 0.6) is 11.5 Å². The fourth-order valence-corrected chi connectivity index (χ4v) is 3.76. The van der Waals surface area contributed by atoms with Crippen molar-refractivity contribution >= 4 is 17.6 Å². The predicted molar refractivity (Wildman–Crippen MR) is 112 cm³/mol. The molecule has 0 aromatic heterocycles. The number of oxime groups is 1. The van der Waals surface area contributed by atoms with Gasteiger partial charge in [-0.1, -0.05) is 17.3 Å². The van der Waals surface area contributed by atoms with Gasteiger partial charge in [0.2, 0.25) is 6.10 Å². The molecule has 0 spiro atoms. The van der Waals surface area contributed by atoms with Crippen molar-refractivity contribution in [1.82, 2.24) is 4.90 Å². The van der Waals surface area contributed by atoms with Crippen LogP contribution in [-0.4, -0.2) is 56.0 Å². The van der Waals surface area contributed by atoms with Crippen molar-refractivity contribution in [2.45, 2.75) is 25.5 Å². The lowest BCUT2D eigenvalue weighted by molar-refractivity contribution is -0.161. The van der Waals surface area contributed by atoms with Gasteiger partial charge in [0.15, 0.2) is 18.1 Å². The number of carbonyl (C=O) groups is 2. The molecule has 0 aliphatic carbocycles. The highest BCUT2D eigenvalue weighted by Gasteiger charge is 2.31. The van der Waals surface area contributed by atoms with Gasteiger partial charge in [-0.2, -0.15) is 0 Å². The molecule has 0 fully saturated rings. The monoisotopic (exact) mass is 442 g/mol. The van der Waals surface area contributed by atoms with Crippen LogP contribution in [0.2, 0.25) is 0 Å². The maximum Gasteiger partial charge on any atom is 0.351 e. The van der Waals surface area contributed by atoms with Crippen LogP contribution >= 0.6 is 0 Å². The molecule has 0 saturated carbocycles. The number of hydrogen-bond acceptors (Lipinski definition) is 7. The van der Waals surface area contributed by atoms with Gasteiger partial charge in [0.25, 0.3) is 5.91 Å². The first kappa shape index (κ1) is 21.6. The number of hydrogen-bond donors (Lipinski definition) is 0. The number of fused-ring (bicyclic) bond motifs is 1. The summed E-state index contributed by atoms with van der Waals surface area (Å²) in [5, 5.41) is 3.85. The lowest BCUT2D eigenvalue weighted by atomic mass is 9.99. The molecule has 1 amide bonds. The van der Waals surface area contributed by atoms with Gasteiger partial charge in [-0.3, -0.25) is 4.79 Å². The Kier molecular flexibility index (Phi) is 6.25. The van der Waals surface area contributed by atoms with E-state index in [-0.39, 0.29) is 12.3 Å². The Morgan fingerprint density at radius 3 is 2.62 bits per heavy atom. The largest absolute Gasteiger partial charge is 0.493 e. The van der Waals surface area contributed by atoms with E-state index >= 15 is 0 Å². The molecule has 0 N–H and O–H groups in total. The van der Waals surface area contributed by atoms with Crippen molar-refractivity contribution < 1.29 is 33.0 Å². The third-order valence-corrected chi connectivity index (χ3v) is 5.50. The van der Waals surface area contributed by atoms with E-state index in [0.29, 0.717) is 42.3 Å². The minimum Gasteiger partial charge on any atom is -0.493 e.